The summed E-state index contributed by atoms with van der Waals surface area (Å²) in [6.07, 6.45) is 4.41. The number of anilines is 2. The highest BCUT2D eigenvalue weighted by molar-refractivity contribution is 5.64. The summed E-state index contributed by atoms with van der Waals surface area (Å²) in [6, 6.07) is 0.284. The van der Waals surface area contributed by atoms with Crippen LogP contribution in [0.25, 0.3) is 0 Å². The van der Waals surface area contributed by atoms with Gasteiger partial charge in [-0.25, -0.2) is 9.67 Å². The summed E-state index contributed by atoms with van der Waals surface area (Å²) in [6.45, 7) is 6.87. The molecule has 6 nitrogen and oxygen atoms in total. The summed E-state index contributed by atoms with van der Waals surface area (Å²) in [5, 5.41) is 7.77. The molecule has 0 radical (unpaired) electrons. The first kappa shape index (κ1) is 12.5. The number of hydrogen-bond acceptors (Lipinski definition) is 4. The van der Waals surface area contributed by atoms with Crippen molar-refractivity contribution in [2.45, 2.75) is 33.2 Å². The van der Waals surface area contributed by atoms with Gasteiger partial charge in [-0.3, -0.25) is 0 Å². The molecule has 0 spiro atoms. The van der Waals surface area contributed by atoms with Crippen molar-refractivity contribution in [2.75, 3.05) is 17.6 Å². The van der Waals surface area contributed by atoms with E-state index >= 15 is 0 Å². The van der Waals surface area contributed by atoms with E-state index in [9.17, 15) is 0 Å². The Balaban J connectivity index is 2.04. The number of aromatic nitrogens is 4. The molecule has 18 heavy (non-hydrogen) atoms. The fourth-order valence-corrected chi connectivity index (χ4v) is 1.84. The Hall–Kier alpha value is -1.98. The molecule has 4 N–H and O–H groups in total. The molecular formula is C12H20N6. The second-order valence-corrected chi connectivity index (χ2v) is 4.60. The lowest BCUT2D eigenvalue weighted by Crippen LogP contribution is -2.13. The summed E-state index contributed by atoms with van der Waals surface area (Å²) in [5.74, 6) is 1.86. The zero-order chi connectivity index (χ0) is 13.1. The second-order valence-electron chi connectivity index (χ2n) is 4.60. The summed E-state index contributed by atoms with van der Waals surface area (Å²) in [7, 11) is 0. The van der Waals surface area contributed by atoms with Gasteiger partial charge in [0.1, 0.15) is 11.6 Å². The van der Waals surface area contributed by atoms with E-state index in [1.807, 2.05) is 17.8 Å². The molecule has 0 aliphatic carbocycles. The van der Waals surface area contributed by atoms with Crippen molar-refractivity contribution in [3.05, 3.63) is 23.9 Å². The standard InChI is InChI=1S/C12H20N6/c1-8(2)18-12(11(13)9(3)17-18)16-5-4-10-14-6-7-15-10/h6-8,16H,4-5,13H2,1-3H3,(H,14,15). The summed E-state index contributed by atoms with van der Waals surface area (Å²) < 4.78 is 1.92. The molecule has 0 aromatic carbocycles. The third kappa shape index (κ3) is 2.47. The summed E-state index contributed by atoms with van der Waals surface area (Å²) in [5.41, 5.74) is 7.62. The van der Waals surface area contributed by atoms with Crippen molar-refractivity contribution in [2.24, 2.45) is 0 Å². The Morgan fingerprint density at radius 2 is 2.28 bits per heavy atom. The van der Waals surface area contributed by atoms with Crippen molar-refractivity contribution in [3.8, 4) is 0 Å². The van der Waals surface area contributed by atoms with Crippen molar-refractivity contribution < 1.29 is 0 Å². The minimum Gasteiger partial charge on any atom is -0.394 e. The van der Waals surface area contributed by atoms with Gasteiger partial charge in [-0.15, -0.1) is 0 Å². The Kier molecular flexibility index (Phi) is 3.55. The number of nitrogens with one attached hydrogen (secondary N) is 2. The number of nitrogen functional groups attached to an aromatic ring is 1. The van der Waals surface area contributed by atoms with Gasteiger partial charge in [0.25, 0.3) is 0 Å². The number of imidazole rings is 1. The van der Waals surface area contributed by atoms with E-state index in [0.29, 0.717) is 0 Å². The van der Waals surface area contributed by atoms with Crippen LogP contribution in [0.5, 0.6) is 0 Å². The molecule has 2 aromatic rings. The second kappa shape index (κ2) is 5.12. The van der Waals surface area contributed by atoms with E-state index in [0.717, 1.165) is 36.0 Å². The molecule has 6 heteroatoms. The number of H-pyrrole nitrogens is 1. The zero-order valence-electron chi connectivity index (χ0n) is 11.1. The molecule has 2 rings (SSSR count). The summed E-state index contributed by atoms with van der Waals surface area (Å²) >= 11 is 0. The molecule has 0 fully saturated rings. The number of hydrogen-bond donors (Lipinski definition) is 3. The lowest BCUT2D eigenvalue weighted by molar-refractivity contribution is 0.534. The molecule has 0 aliphatic heterocycles. The van der Waals surface area contributed by atoms with Crippen molar-refractivity contribution in [1.82, 2.24) is 19.7 Å². The molecule has 0 atom stereocenters. The van der Waals surface area contributed by atoms with Crippen LogP contribution in [0.3, 0.4) is 0 Å². The van der Waals surface area contributed by atoms with Gasteiger partial charge in [-0.1, -0.05) is 0 Å². The van der Waals surface area contributed by atoms with Crippen LogP contribution >= 0.6 is 0 Å². The van der Waals surface area contributed by atoms with Crippen molar-refractivity contribution >= 4 is 11.5 Å². The Morgan fingerprint density at radius 3 is 2.89 bits per heavy atom. The fourth-order valence-electron chi connectivity index (χ4n) is 1.84. The first-order chi connectivity index (χ1) is 8.59. The van der Waals surface area contributed by atoms with E-state index < -0.39 is 0 Å². The normalized spacial score (nSPS) is 11.1. The van der Waals surface area contributed by atoms with Crippen molar-refractivity contribution in [1.29, 1.82) is 0 Å². The molecule has 0 saturated heterocycles. The summed E-state index contributed by atoms with van der Waals surface area (Å²) in [4.78, 5) is 7.26. The predicted molar refractivity (Wildman–Crippen MR) is 72.5 cm³/mol. The third-order valence-corrected chi connectivity index (χ3v) is 2.83. The van der Waals surface area contributed by atoms with Crippen molar-refractivity contribution in [3.63, 3.8) is 0 Å². The van der Waals surface area contributed by atoms with Crippen LogP contribution in [0.15, 0.2) is 12.4 Å². The maximum atomic E-state index is 6.03. The lowest BCUT2D eigenvalue weighted by atomic mass is 10.3. The quantitative estimate of drug-likeness (QED) is 0.752. The molecule has 0 unspecified atom stereocenters. The van der Waals surface area contributed by atoms with Gasteiger partial charge in [0.05, 0.1) is 11.4 Å². The zero-order valence-corrected chi connectivity index (χ0v) is 11.1. The van der Waals surface area contributed by atoms with Crippen LogP contribution in [0.4, 0.5) is 11.5 Å². The number of nitrogens with zero attached hydrogens (tertiary/aromatic N) is 3. The predicted octanol–water partition coefficient (Wildman–Crippen LogP) is 1.73. The van der Waals surface area contributed by atoms with Gasteiger partial charge in [0.15, 0.2) is 0 Å². The topological polar surface area (TPSA) is 84.5 Å². The molecule has 2 aromatic heterocycles. The molecule has 0 aliphatic rings. The Labute approximate surface area is 107 Å². The molecule has 2 heterocycles. The fraction of sp³-hybridized carbons (Fsp3) is 0.500. The smallest absolute Gasteiger partial charge is 0.148 e. The lowest BCUT2D eigenvalue weighted by Gasteiger charge is -2.12. The van der Waals surface area contributed by atoms with Gasteiger partial charge in [0, 0.05) is 31.4 Å². The molecule has 0 saturated carbocycles. The number of rotatable bonds is 5. The number of aryl methyl sites for hydroxylation is 1. The maximum Gasteiger partial charge on any atom is 0.148 e. The van der Waals surface area contributed by atoms with Gasteiger partial charge >= 0.3 is 0 Å². The van der Waals surface area contributed by atoms with Gasteiger partial charge in [0.2, 0.25) is 0 Å². The van der Waals surface area contributed by atoms with Crippen LogP contribution in [0.2, 0.25) is 0 Å². The number of nitrogens with two attached hydrogens (primary N) is 1. The van der Waals surface area contributed by atoms with Crippen LogP contribution in [-0.4, -0.2) is 26.3 Å². The Morgan fingerprint density at radius 1 is 1.50 bits per heavy atom. The van der Waals surface area contributed by atoms with Crippen LogP contribution < -0.4 is 11.1 Å². The van der Waals surface area contributed by atoms with E-state index in [1.165, 1.54) is 0 Å². The van der Waals surface area contributed by atoms with Gasteiger partial charge in [-0.2, -0.15) is 5.10 Å². The first-order valence-corrected chi connectivity index (χ1v) is 6.16. The van der Waals surface area contributed by atoms with E-state index in [2.05, 4.69) is 34.2 Å². The Bertz CT molecular complexity index is 497. The van der Waals surface area contributed by atoms with Crippen LogP contribution in [0.1, 0.15) is 31.4 Å². The van der Waals surface area contributed by atoms with Crippen LogP contribution in [-0.2, 0) is 6.42 Å². The minimum atomic E-state index is 0.284. The van der Waals surface area contributed by atoms with E-state index in [-0.39, 0.29) is 6.04 Å². The van der Waals surface area contributed by atoms with E-state index in [4.69, 9.17) is 5.73 Å². The molecule has 98 valence electrons. The average molecular weight is 248 g/mol. The maximum absolute atomic E-state index is 6.03. The third-order valence-electron chi connectivity index (χ3n) is 2.83. The first-order valence-electron chi connectivity index (χ1n) is 6.16. The molecule has 0 amide bonds. The van der Waals surface area contributed by atoms with E-state index in [1.54, 1.807) is 6.20 Å². The molecular weight excluding hydrogens is 228 g/mol. The highest BCUT2D eigenvalue weighted by atomic mass is 15.4. The highest BCUT2D eigenvalue weighted by Crippen LogP contribution is 2.25. The average Bonchev–Trinajstić information content (AvgIpc) is 2.92. The highest BCUT2D eigenvalue weighted by Gasteiger charge is 2.14. The number of aromatic amines is 1. The largest absolute Gasteiger partial charge is 0.394 e. The monoisotopic (exact) mass is 248 g/mol. The van der Waals surface area contributed by atoms with Gasteiger partial charge in [-0.05, 0) is 20.8 Å². The SMILES string of the molecule is Cc1nn(C(C)C)c(NCCc2ncc[nH]2)c1N. The van der Waals surface area contributed by atoms with Crippen LogP contribution in [0, 0.1) is 6.92 Å². The van der Waals surface area contributed by atoms with Gasteiger partial charge < -0.3 is 16.0 Å². The minimum absolute atomic E-state index is 0.284. The molecule has 0 bridgehead atoms.